The topological polar surface area (TPSA) is 109 Å². The number of aliphatic carboxylic acids is 1. The van der Waals surface area contributed by atoms with Gasteiger partial charge in [-0.15, -0.1) is 11.3 Å². The number of amides is 2. The molecule has 2 saturated carbocycles. The first-order chi connectivity index (χ1) is 12.6. The van der Waals surface area contributed by atoms with Crippen LogP contribution in [0.2, 0.25) is 0 Å². The van der Waals surface area contributed by atoms with E-state index in [4.69, 9.17) is 5.73 Å². The quantitative estimate of drug-likeness (QED) is 0.667. The molecule has 1 heterocycles. The van der Waals surface area contributed by atoms with Crippen molar-refractivity contribution in [3.63, 3.8) is 0 Å². The van der Waals surface area contributed by atoms with E-state index in [9.17, 15) is 19.5 Å². The maximum atomic E-state index is 13.1. The van der Waals surface area contributed by atoms with Crippen LogP contribution in [-0.2, 0) is 9.59 Å². The maximum Gasteiger partial charge on any atom is 0.307 e. The fraction of sp³-hybridized carbons (Fsp3) is 0.550. The van der Waals surface area contributed by atoms with Crippen molar-refractivity contribution in [2.75, 3.05) is 5.32 Å². The van der Waals surface area contributed by atoms with Gasteiger partial charge in [0.1, 0.15) is 5.00 Å². The summed E-state index contributed by atoms with van der Waals surface area (Å²) in [4.78, 5) is 37.7. The lowest BCUT2D eigenvalue weighted by molar-refractivity contribution is -0.148. The predicted octanol–water partition coefficient (Wildman–Crippen LogP) is 3.60. The Morgan fingerprint density at radius 3 is 2.26 bits per heavy atom. The number of hydrogen-bond acceptors (Lipinski definition) is 4. The van der Waals surface area contributed by atoms with Gasteiger partial charge in [0.25, 0.3) is 5.91 Å². The number of hydrogen-bond donors (Lipinski definition) is 3. The summed E-state index contributed by atoms with van der Waals surface area (Å²) in [7, 11) is 0. The Balaban J connectivity index is 1.93. The molecule has 27 heavy (non-hydrogen) atoms. The second kappa shape index (κ2) is 7.11. The molecule has 2 aliphatic carbocycles. The Bertz CT molecular complexity index is 835. The molecule has 1 aromatic rings. The van der Waals surface area contributed by atoms with Crippen molar-refractivity contribution >= 4 is 34.1 Å². The highest BCUT2D eigenvalue weighted by Crippen LogP contribution is 2.57. The Hall–Kier alpha value is -2.15. The van der Waals surface area contributed by atoms with Gasteiger partial charge in [0.05, 0.1) is 17.4 Å². The fourth-order valence-corrected chi connectivity index (χ4v) is 5.84. The third-order valence-corrected chi connectivity index (χ3v) is 7.18. The maximum absolute atomic E-state index is 13.1. The average molecular weight is 391 g/mol. The third-order valence-electron chi connectivity index (χ3n) is 5.83. The van der Waals surface area contributed by atoms with E-state index in [2.05, 4.69) is 5.32 Å². The van der Waals surface area contributed by atoms with Crippen LogP contribution in [-0.4, -0.2) is 22.9 Å². The molecule has 4 atom stereocenters. The second-order valence-electron chi connectivity index (χ2n) is 8.04. The third kappa shape index (κ3) is 3.29. The second-order valence-corrected chi connectivity index (χ2v) is 9.12. The van der Waals surface area contributed by atoms with Gasteiger partial charge < -0.3 is 16.2 Å². The van der Waals surface area contributed by atoms with Crippen LogP contribution in [0.25, 0.3) is 0 Å². The van der Waals surface area contributed by atoms with E-state index in [1.165, 1.54) is 11.3 Å². The Labute approximate surface area is 162 Å². The van der Waals surface area contributed by atoms with Crippen molar-refractivity contribution in [3.05, 3.63) is 27.7 Å². The number of primary amides is 1. The Morgan fingerprint density at radius 2 is 1.78 bits per heavy atom. The van der Waals surface area contributed by atoms with Gasteiger partial charge in [0.2, 0.25) is 5.91 Å². The van der Waals surface area contributed by atoms with Gasteiger partial charge in [0, 0.05) is 4.88 Å². The van der Waals surface area contributed by atoms with Crippen LogP contribution in [0.3, 0.4) is 0 Å². The normalized spacial score (nSPS) is 26.5. The lowest BCUT2D eigenvalue weighted by Crippen LogP contribution is -2.38. The first-order valence-electron chi connectivity index (χ1n) is 9.27. The molecule has 3 rings (SSSR count). The van der Waals surface area contributed by atoms with Gasteiger partial charge in [-0.3, -0.25) is 14.4 Å². The van der Waals surface area contributed by atoms with E-state index in [1.54, 1.807) is 6.07 Å². The number of rotatable bonds is 5. The number of carboxylic acid groups (broad SMARTS) is 1. The van der Waals surface area contributed by atoms with Gasteiger partial charge in [-0.05, 0) is 50.5 Å². The lowest BCUT2D eigenvalue weighted by Gasteiger charge is -2.26. The minimum Gasteiger partial charge on any atom is -0.481 e. The van der Waals surface area contributed by atoms with Crippen molar-refractivity contribution in [2.24, 2.45) is 29.4 Å². The number of fused-ring (bicyclic) bond motifs is 2. The van der Waals surface area contributed by atoms with Crippen LogP contribution < -0.4 is 11.1 Å². The molecular formula is C20H26N2O4S. The number of nitrogens with two attached hydrogens (primary N) is 1. The molecule has 2 bridgehead atoms. The van der Waals surface area contributed by atoms with Crippen LogP contribution in [0.15, 0.2) is 17.2 Å². The highest BCUT2D eigenvalue weighted by Gasteiger charge is 2.57. The van der Waals surface area contributed by atoms with Crippen LogP contribution in [0, 0.1) is 23.7 Å². The molecule has 7 heteroatoms. The monoisotopic (exact) mass is 390 g/mol. The van der Waals surface area contributed by atoms with E-state index in [0.29, 0.717) is 5.00 Å². The molecule has 6 nitrogen and oxygen atoms in total. The fourth-order valence-electron chi connectivity index (χ4n) is 4.77. The average Bonchev–Trinajstić information content (AvgIpc) is 3.24. The van der Waals surface area contributed by atoms with Crippen LogP contribution in [0.4, 0.5) is 5.00 Å². The van der Waals surface area contributed by atoms with Crippen LogP contribution >= 0.6 is 11.3 Å². The molecule has 4 N–H and O–H groups in total. The number of thiophene rings is 1. The Kier molecular flexibility index (Phi) is 5.16. The zero-order chi connectivity index (χ0) is 20.0. The highest BCUT2D eigenvalue weighted by molar-refractivity contribution is 7.16. The summed E-state index contributed by atoms with van der Waals surface area (Å²) in [6.07, 6.45) is 1.65. The molecule has 0 aromatic carbocycles. The summed E-state index contributed by atoms with van der Waals surface area (Å²) >= 11 is 1.33. The zero-order valence-electron chi connectivity index (χ0n) is 16.0. The van der Waals surface area contributed by atoms with Crippen molar-refractivity contribution in [3.8, 4) is 0 Å². The van der Waals surface area contributed by atoms with Crippen molar-refractivity contribution in [1.82, 2.24) is 0 Å². The molecule has 2 fully saturated rings. The predicted molar refractivity (Wildman–Crippen MR) is 105 cm³/mol. The number of allylic oxidation sites excluding steroid dienone is 2. The van der Waals surface area contributed by atoms with Crippen LogP contribution in [0.5, 0.6) is 0 Å². The number of nitrogens with one attached hydrogen (secondary N) is 1. The summed E-state index contributed by atoms with van der Waals surface area (Å²) < 4.78 is 0. The summed E-state index contributed by atoms with van der Waals surface area (Å²) in [5.41, 5.74) is 8.00. The van der Waals surface area contributed by atoms with E-state index in [-0.39, 0.29) is 29.2 Å². The molecule has 0 radical (unpaired) electrons. The molecule has 2 aliphatic rings. The van der Waals surface area contributed by atoms with Crippen molar-refractivity contribution in [1.29, 1.82) is 0 Å². The summed E-state index contributed by atoms with van der Waals surface area (Å²) in [5.74, 6) is -3.09. The first kappa shape index (κ1) is 19.6. The highest BCUT2D eigenvalue weighted by atomic mass is 32.1. The van der Waals surface area contributed by atoms with Gasteiger partial charge in [-0.25, -0.2) is 0 Å². The van der Waals surface area contributed by atoms with Crippen molar-refractivity contribution < 1.29 is 19.5 Å². The van der Waals surface area contributed by atoms with Crippen LogP contribution in [0.1, 0.15) is 61.7 Å². The molecule has 0 aliphatic heterocycles. The van der Waals surface area contributed by atoms with Gasteiger partial charge in [-0.2, -0.15) is 0 Å². The molecule has 0 unspecified atom stereocenters. The largest absolute Gasteiger partial charge is 0.481 e. The number of carboxylic acids is 1. The van der Waals surface area contributed by atoms with Gasteiger partial charge >= 0.3 is 5.97 Å². The summed E-state index contributed by atoms with van der Waals surface area (Å²) in [6, 6.07) is 1.71. The number of anilines is 1. The number of carbonyl (C=O) groups excluding carboxylic acids is 2. The zero-order valence-corrected chi connectivity index (χ0v) is 16.9. The molecule has 2 amide bonds. The van der Waals surface area contributed by atoms with E-state index >= 15 is 0 Å². The molecule has 0 spiro atoms. The Morgan fingerprint density at radius 1 is 1.19 bits per heavy atom. The first-order valence-corrected chi connectivity index (χ1v) is 10.1. The smallest absolute Gasteiger partial charge is 0.307 e. The summed E-state index contributed by atoms with van der Waals surface area (Å²) in [5, 5.41) is 13.0. The standard InChI is InChI=1S/C20H26N2O4S/c1-8(2)13-7-12(17(21)23)19(27-13)22-18(24)15-10-5-6-11(14(10)9(3)4)16(15)20(25)26/h7-8,10-11,15-16H,5-6H2,1-4H3,(H2,21,23)(H,22,24)(H,25,26)/t10-,11-,15-,16-/m1/s1. The molecule has 146 valence electrons. The molecule has 1 aromatic heterocycles. The van der Waals surface area contributed by atoms with E-state index in [1.807, 2.05) is 27.7 Å². The van der Waals surface area contributed by atoms with E-state index < -0.39 is 23.7 Å². The lowest BCUT2D eigenvalue weighted by atomic mass is 9.79. The van der Waals surface area contributed by atoms with Crippen molar-refractivity contribution in [2.45, 2.75) is 46.5 Å². The van der Waals surface area contributed by atoms with Gasteiger partial charge in [0.15, 0.2) is 0 Å². The minimum atomic E-state index is -0.926. The number of carbonyl (C=O) groups is 3. The minimum absolute atomic E-state index is 0.0392. The SMILES string of the molecule is CC(C)=C1[C@H]2CC[C@H]1[C@@H](C(=O)Nc1sc(C(C)C)cc1C(N)=O)[C@@H]2C(=O)O. The van der Waals surface area contributed by atoms with E-state index in [0.717, 1.165) is 28.9 Å². The van der Waals surface area contributed by atoms with Gasteiger partial charge in [-0.1, -0.05) is 25.0 Å². The molecular weight excluding hydrogens is 364 g/mol. The summed E-state index contributed by atoms with van der Waals surface area (Å²) in [6.45, 7) is 7.97. The molecule has 0 saturated heterocycles.